The molecule has 5 aromatic carbocycles. The Hall–Kier alpha value is -7.65. The quantitative estimate of drug-likeness (QED) is 0.0533. The molecule has 12 N–H and O–H groups in total. The van der Waals surface area contributed by atoms with E-state index >= 15 is 0 Å². The zero-order chi connectivity index (χ0) is 69.6. The third-order valence-corrected chi connectivity index (χ3v) is 22.0. The number of nitrogens with two attached hydrogens (primary N) is 4. The smallest absolute Gasteiger partial charge is 0.272 e. The molecule has 98 heavy (non-hydrogen) atoms. The number of nitrogens with zero attached hydrogens (tertiary/aromatic N) is 5. The molecular formula is C76H89Cl4N13O5. The van der Waals surface area contributed by atoms with E-state index in [1.54, 1.807) is 25.3 Å². The van der Waals surface area contributed by atoms with Gasteiger partial charge in [-0.2, -0.15) is 5.10 Å². The summed E-state index contributed by atoms with van der Waals surface area (Å²) in [6.45, 7) is 6.89. The highest BCUT2D eigenvalue weighted by atomic mass is 35.5. The van der Waals surface area contributed by atoms with Gasteiger partial charge in [-0.3, -0.25) is 24.0 Å². The summed E-state index contributed by atoms with van der Waals surface area (Å²) in [6.07, 6.45) is 14.9. The number of likely N-dealkylation sites (tertiary alicyclic amines) is 1. The fourth-order valence-corrected chi connectivity index (χ4v) is 15.7. The van der Waals surface area contributed by atoms with Crippen molar-refractivity contribution in [3.63, 3.8) is 0 Å². The van der Waals surface area contributed by atoms with Crippen LogP contribution in [0.3, 0.4) is 0 Å². The molecule has 1 aliphatic heterocycles. The van der Waals surface area contributed by atoms with E-state index in [1.807, 2.05) is 127 Å². The van der Waals surface area contributed by atoms with E-state index in [2.05, 4.69) is 47.9 Å². The Labute approximate surface area is 593 Å². The Balaban J connectivity index is 0.000000142. The number of fused-ring (bicyclic) bond motifs is 2. The Kier molecular flexibility index (Phi) is 24.6. The van der Waals surface area contributed by atoms with Crippen molar-refractivity contribution in [2.45, 2.75) is 150 Å². The van der Waals surface area contributed by atoms with Crippen molar-refractivity contribution in [3.8, 4) is 11.4 Å². The Morgan fingerprint density at radius 3 is 1.40 bits per heavy atom. The van der Waals surface area contributed by atoms with Gasteiger partial charge in [0.05, 0.1) is 11.4 Å². The summed E-state index contributed by atoms with van der Waals surface area (Å²) in [5.74, 6) is 1.39. The lowest BCUT2D eigenvalue weighted by molar-refractivity contribution is -0.134. The summed E-state index contributed by atoms with van der Waals surface area (Å²) in [7, 11) is 0. The first-order chi connectivity index (χ1) is 47.2. The van der Waals surface area contributed by atoms with Crippen LogP contribution in [0, 0.1) is 12.8 Å². The van der Waals surface area contributed by atoms with Gasteiger partial charge in [0.25, 0.3) is 17.0 Å². The van der Waals surface area contributed by atoms with Crippen LogP contribution in [0.4, 0.5) is 0 Å². The van der Waals surface area contributed by atoms with Crippen molar-refractivity contribution in [2.75, 3.05) is 39.3 Å². The van der Waals surface area contributed by atoms with E-state index in [0.29, 0.717) is 79.5 Å². The third kappa shape index (κ3) is 17.5. The van der Waals surface area contributed by atoms with E-state index in [-0.39, 0.29) is 68.5 Å². The maximum absolute atomic E-state index is 12.8. The van der Waals surface area contributed by atoms with E-state index in [0.717, 1.165) is 139 Å². The minimum absolute atomic E-state index is 0.0229. The molecular weight excluding hydrogens is 1320 g/mol. The summed E-state index contributed by atoms with van der Waals surface area (Å²) in [4.78, 5) is 78.0. The molecule has 18 nitrogen and oxygen atoms in total. The van der Waals surface area contributed by atoms with E-state index in [9.17, 15) is 24.0 Å². The zero-order valence-corrected chi connectivity index (χ0v) is 58.8. The lowest BCUT2D eigenvalue weighted by Gasteiger charge is -2.40. The van der Waals surface area contributed by atoms with Crippen LogP contribution in [0.1, 0.15) is 145 Å². The Morgan fingerprint density at radius 2 is 0.969 bits per heavy atom. The van der Waals surface area contributed by atoms with Crippen molar-refractivity contribution in [2.24, 2.45) is 28.9 Å². The van der Waals surface area contributed by atoms with Gasteiger partial charge >= 0.3 is 0 Å². The van der Waals surface area contributed by atoms with Crippen molar-refractivity contribution < 1.29 is 14.4 Å². The maximum Gasteiger partial charge on any atom is 0.272 e. The molecule has 3 fully saturated rings. The standard InChI is InChI=1S/C21H30ClN3O2.C21H20ClN3O.C18H21ClN4O.C16H18ClN3O/c1-15(26)25-11-7-16(8-12-25)20(27)24-19-5-9-21(14-23,10-6-19)17-3-2-4-18(22)13-17;22-16-8-4-7-15(11-16)21(13-23)10-9-18-17(12-21)20(26)25-19(24-18)14-5-2-1-3-6-14;19-14-4-1-3-13(11-14)18(12-20)8-6-15(7-9-18)22-17(24)16-5-2-10-21-23-16;1-10-19-14-5-6-16(9-18,8-13(14)15(21)20-10)11-3-2-4-12(17)7-11/h2-4,13,16,19H,5-12,14,23H2,1H3,(H,24,27);1-8,11H,9-10,12-13,23H2,(H,24,25,26);1-5,10-11,15H,6-9,12,20H2,(H,22,24);2-4,7H,5-6,8-9,18H2,1H3,(H,19,20,21). The number of rotatable bonds is 13. The first-order valence-electron chi connectivity index (χ1n) is 34.0. The first kappa shape index (κ1) is 73.1. The Bertz CT molecular complexity index is 4170. The molecule has 4 aliphatic carbocycles. The number of aromatic nitrogens is 6. The molecule has 0 radical (unpaired) electrons. The average molecular weight is 1410 g/mol. The predicted molar refractivity (Wildman–Crippen MR) is 390 cm³/mol. The number of carbonyl (C=O) groups excluding carboxylic acids is 3. The Morgan fingerprint density at radius 1 is 0.531 bits per heavy atom. The highest BCUT2D eigenvalue weighted by Crippen LogP contribution is 2.43. The van der Waals surface area contributed by atoms with Crippen molar-refractivity contribution >= 4 is 64.1 Å². The van der Waals surface area contributed by atoms with Gasteiger partial charge in [-0.25, -0.2) is 9.97 Å². The number of aromatic amines is 2. The summed E-state index contributed by atoms with van der Waals surface area (Å²) < 4.78 is 0. The molecule has 5 aliphatic rings. The second-order valence-corrected chi connectivity index (χ2v) is 28.8. The van der Waals surface area contributed by atoms with E-state index < -0.39 is 0 Å². The molecule has 13 rings (SSSR count). The lowest BCUT2D eigenvalue weighted by atomic mass is 9.68. The van der Waals surface area contributed by atoms with Gasteiger partial charge in [0.1, 0.15) is 11.6 Å². The second kappa shape index (κ2) is 33.0. The second-order valence-electron chi connectivity index (χ2n) is 27.0. The highest BCUT2D eigenvalue weighted by Gasteiger charge is 2.41. The zero-order valence-electron chi connectivity index (χ0n) is 55.7. The number of carbonyl (C=O) groups is 3. The maximum atomic E-state index is 12.8. The summed E-state index contributed by atoms with van der Waals surface area (Å²) in [5, 5.41) is 16.8. The van der Waals surface area contributed by atoms with Crippen LogP contribution >= 0.6 is 46.4 Å². The molecule has 2 unspecified atom stereocenters. The van der Waals surface area contributed by atoms with Gasteiger partial charge in [0, 0.05) is 129 Å². The van der Waals surface area contributed by atoms with Gasteiger partial charge in [0.15, 0.2) is 5.69 Å². The number of amides is 3. The van der Waals surface area contributed by atoms with Gasteiger partial charge in [-0.15, -0.1) is 5.10 Å². The van der Waals surface area contributed by atoms with Gasteiger partial charge in [0.2, 0.25) is 11.8 Å². The number of halogens is 4. The lowest BCUT2D eigenvalue weighted by Crippen LogP contribution is -2.48. The minimum Gasteiger partial charge on any atom is -0.353 e. The number of hydrogen-bond acceptors (Lipinski definition) is 13. The van der Waals surface area contributed by atoms with Crippen LogP contribution < -0.4 is 44.7 Å². The van der Waals surface area contributed by atoms with Crippen LogP contribution in [0.5, 0.6) is 0 Å². The van der Waals surface area contributed by atoms with Crippen molar-refractivity contribution in [1.29, 1.82) is 0 Å². The fraction of sp³-hybridized carbons (Fsp3) is 0.408. The molecule has 0 bridgehead atoms. The van der Waals surface area contributed by atoms with Crippen LogP contribution in [-0.2, 0) is 56.9 Å². The molecule has 3 amide bonds. The SMILES string of the molecule is CC(=O)N1CCC(C(=O)NC2CCC(CN)(c3cccc(Cl)c3)CC2)CC1.Cc1nc2c(c(=O)[nH]1)CC(CN)(c1cccc(Cl)c1)CC2.NCC1(c2cccc(Cl)c2)CCC(NC(=O)c2cccnn2)CC1.NCC1(c2cccc(Cl)c2)CCc2nc(-c3ccccc3)[nH]c(=O)c2C1. The van der Waals surface area contributed by atoms with Gasteiger partial charge in [-0.1, -0.05) is 125 Å². The summed E-state index contributed by atoms with van der Waals surface area (Å²) >= 11 is 24.6. The van der Waals surface area contributed by atoms with E-state index in [4.69, 9.17) is 74.3 Å². The fourth-order valence-electron chi connectivity index (χ4n) is 15.0. The van der Waals surface area contributed by atoms with Gasteiger partial charge < -0.3 is 48.4 Å². The number of benzene rings is 5. The number of aryl methyl sites for hydroxylation is 3. The van der Waals surface area contributed by atoms with Crippen molar-refractivity contribution in [3.05, 3.63) is 243 Å². The molecule has 4 heterocycles. The average Bonchev–Trinajstić information content (AvgIpc) is 0.743. The minimum atomic E-state index is -0.277. The van der Waals surface area contributed by atoms with Crippen LogP contribution in [0.2, 0.25) is 20.1 Å². The number of nitrogens with one attached hydrogen (secondary N) is 4. The molecule has 2 atom stereocenters. The molecule has 22 heteroatoms. The van der Waals surface area contributed by atoms with Crippen LogP contribution in [-0.4, -0.2) is 104 Å². The highest BCUT2D eigenvalue weighted by molar-refractivity contribution is 6.31. The molecule has 516 valence electrons. The number of hydrogen-bond donors (Lipinski definition) is 8. The third-order valence-electron chi connectivity index (χ3n) is 21.1. The molecule has 2 saturated carbocycles. The van der Waals surface area contributed by atoms with E-state index in [1.165, 1.54) is 11.1 Å². The predicted octanol–water partition coefficient (Wildman–Crippen LogP) is 11.1. The normalized spacial score (nSPS) is 22.7. The summed E-state index contributed by atoms with van der Waals surface area (Å²) in [6, 6.07) is 45.0. The van der Waals surface area contributed by atoms with Crippen LogP contribution in [0.15, 0.2) is 155 Å². The topological polar surface area (TPSA) is 300 Å². The van der Waals surface area contributed by atoms with Crippen LogP contribution in [0.25, 0.3) is 11.4 Å². The largest absolute Gasteiger partial charge is 0.353 e. The number of piperidine rings is 1. The molecule has 1 saturated heterocycles. The van der Waals surface area contributed by atoms with Crippen molar-refractivity contribution in [1.82, 2.24) is 45.7 Å². The number of H-pyrrole nitrogens is 2. The molecule has 3 aromatic heterocycles. The summed E-state index contributed by atoms with van der Waals surface area (Å²) in [5.41, 5.74) is 32.9. The molecule has 8 aromatic rings. The van der Waals surface area contributed by atoms with Gasteiger partial charge in [-0.05, 0) is 193 Å². The monoisotopic (exact) mass is 1400 g/mol. The molecule has 0 spiro atoms. The first-order valence-corrected chi connectivity index (χ1v) is 35.5.